The second kappa shape index (κ2) is 14.4. The SMILES string of the molecule is C[C@H]1c2ccccc2OC2C=CC3=C(C21)C(C)(C)c1ccccc1N3C1C=C2C(=CC1)C1(c3ccc(N4c5ccccc5C(C)(C)c5c4ccc4oc6c(c54)CCC=C6)cc32)c2ccccc2-c2ccccc21. The molecule has 3 unspecified atom stereocenters. The molecule has 0 bridgehead atoms. The molecule has 8 aromatic rings. The van der Waals surface area contributed by atoms with Gasteiger partial charge in [0.15, 0.2) is 0 Å². The standard InChI is InChI=1S/C69H56N2O2/c1-40-43-18-8-16-28-59(43)72-61-36-34-57-65(63(40)61)67(2,3)53-24-12-14-26-55(53)70(57)41-30-32-51-47(38-41)48-39-42(31-33-52(48)69(51)49-22-10-6-19-44(49)45-20-7-11-23-50(45)69)71-56-27-15-13-25-54(56)68(4,5)66-58(71)35-37-62-64(66)46-21-9-17-29-60(46)73-62/h6-8,10-20,22-29,31-41,61,63H,9,21,30H2,1-5H3/t40-,41?,61?,63?/m0/s1. The third-order valence-electron chi connectivity index (χ3n) is 18.7. The van der Waals surface area contributed by atoms with Crippen LogP contribution < -0.4 is 14.5 Å². The largest absolute Gasteiger partial charge is 0.485 e. The number of furan rings is 1. The lowest BCUT2D eigenvalue weighted by atomic mass is 9.61. The Morgan fingerprint density at radius 2 is 1.32 bits per heavy atom. The van der Waals surface area contributed by atoms with Crippen LogP contribution in [0.25, 0.3) is 33.7 Å². The van der Waals surface area contributed by atoms with E-state index in [0.29, 0.717) is 0 Å². The minimum Gasteiger partial charge on any atom is -0.485 e. The first-order valence-corrected chi connectivity index (χ1v) is 26.6. The van der Waals surface area contributed by atoms with Crippen LogP contribution >= 0.6 is 0 Å². The van der Waals surface area contributed by atoms with Gasteiger partial charge in [0.25, 0.3) is 0 Å². The summed E-state index contributed by atoms with van der Waals surface area (Å²) in [5, 5.41) is 1.28. The van der Waals surface area contributed by atoms with Gasteiger partial charge in [-0.3, -0.25) is 0 Å². The molecule has 1 aromatic heterocycles. The molecular formula is C69H56N2O2. The highest BCUT2D eigenvalue weighted by atomic mass is 16.5. The smallest absolute Gasteiger partial charge is 0.135 e. The Labute approximate surface area is 428 Å². The highest BCUT2D eigenvalue weighted by Gasteiger charge is 2.56. The van der Waals surface area contributed by atoms with Crippen LogP contribution in [0.4, 0.5) is 22.7 Å². The summed E-state index contributed by atoms with van der Waals surface area (Å²) in [6.07, 6.45) is 17.4. The quantitative estimate of drug-likeness (QED) is 0.173. The molecule has 0 saturated carbocycles. The number of aryl methyl sites for hydroxylation is 1. The topological polar surface area (TPSA) is 28.9 Å². The second-order valence-electron chi connectivity index (χ2n) is 22.9. The van der Waals surface area contributed by atoms with Crippen molar-refractivity contribution in [2.45, 2.75) is 88.2 Å². The Morgan fingerprint density at radius 1 is 0.630 bits per heavy atom. The molecule has 16 rings (SSSR count). The fraction of sp³-hybridized carbons (Fsp3) is 0.217. The van der Waals surface area contributed by atoms with E-state index in [0.717, 1.165) is 36.4 Å². The Bertz CT molecular complexity index is 3900. The average molecular weight is 945 g/mol. The Hall–Kier alpha value is -7.82. The molecule has 3 aliphatic heterocycles. The summed E-state index contributed by atoms with van der Waals surface area (Å²) in [5.74, 6) is 2.50. The summed E-state index contributed by atoms with van der Waals surface area (Å²) in [6, 6.07) is 57.5. The number of para-hydroxylation sites is 3. The highest BCUT2D eigenvalue weighted by molar-refractivity contribution is 6.04. The minimum atomic E-state index is -0.459. The van der Waals surface area contributed by atoms with E-state index in [1.165, 1.54) is 112 Å². The monoisotopic (exact) mass is 944 g/mol. The van der Waals surface area contributed by atoms with Crippen molar-refractivity contribution < 1.29 is 9.15 Å². The van der Waals surface area contributed by atoms with Gasteiger partial charge < -0.3 is 19.0 Å². The lowest BCUT2D eigenvalue weighted by molar-refractivity contribution is 0.143. The number of nitrogens with zero attached hydrogens (tertiary/aromatic N) is 2. The van der Waals surface area contributed by atoms with Crippen molar-refractivity contribution >= 4 is 45.4 Å². The first-order valence-electron chi connectivity index (χ1n) is 26.6. The third-order valence-corrected chi connectivity index (χ3v) is 18.7. The molecule has 8 aliphatic rings. The maximum atomic E-state index is 6.91. The van der Waals surface area contributed by atoms with E-state index in [9.17, 15) is 0 Å². The molecule has 0 fully saturated rings. The van der Waals surface area contributed by atoms with Gasteiger partial charge in [-0.05, 0) is 158 Å². The number of ether oxygens (including phenoxy) is 1. The molecule has 0 saturated heterocycles. The van der Waals surface area contributed by atoms with Crippen LogP contribution in [0.2, 0.25) is 0 Å². The van der Waals surface area contributed by atoms with Gasteiger partial charge in [0, 0.05) is 44.8 Å². The van der Waals surface area contributed by atoms with E-state index in [1.807, 2.05) is 0 Å². The Kier molecular flexibility index (Phi) is 8.26. The van der Waals surface area contributed by atoms with Crippen molar-refractivity contribution in [2.24, 2.45) is 5.92 Å². The van der Waals surface area contributed by atoms with Gasteiger partial charge in [0.1, 0.15) is 23.2 Å². The summed E-state index contributed by atoms with van der Waals surface area (Å²) >= 11 is 0. The van der Waals surface area contributed by atoms with Gasteiger partial charge in [-0.15, -0.1) is 0 Å². The summed E-state index contributed by atoms with van der Waals surface area (Å²) in [4.78, 5) is 5.28. The number of benzene rings is 7. The van der Waals surface area contributed by atoms with Crippen LogP contribution in [0.5, 0.6) is 5.75 Å². The fourth-order valence-corrected chi connectivity index (χ4v) is 15.7. The molecule has 4 heteroatoms. The summed E-state index contributed by atoms with van der Waals surface area (Å²) in [5.41, 5.74) is 25.2. The Balaban J connectivity index is 0.929. The number of allylic oxidation sites excluding steroid dienone is 4. The molecule has 5 aliphatic carbocycles. The highest BCUT2D eigenvalue weighted by Crippen LogP contribution is 2.66. The lowest BCUT2D eigenvalue weighted by Gasteiger charge is -2.52. The molecule has 4 nitrogen and oxygen atoms in total. The van der Waals surface area contributed by atoms with Crippen LogP contribution in [0.1, 0.15) is 109 Å². The maximum absolute atomic E-state index is 6.91. The molecule has 0 radical (unpaired) electrons. The van der Waals surface area contributed by atoms with Crippen molar-refractivity contribution in [3.8, 4) is 16.9 Å². The molecule has 4 atom stereocenters. The van der Waals surface area contributed by atoms with Crippen molar-refractivity contribution in [1.82, 2.24) is 0 Å². The van der Waals surface area contributed by atoms with E-state index < -0.39 is 5.41 Å². The van der Waals surface area contributed by atoms with Crippen LogP contribution in [0.3, 0.4) is 0 Å². The van der Waals surface area contributed by atoms with E-state index >= 15 is 0 Å². The summed E-state index contributed by atoms with van der Waals surface area (Å²) in [7, 11) is 0. The van der Waals surface area contributed by atoms with Crippen LogP contribution in [0.15, 0.2) is 203 Å². The number of rotatable bonds is 2. The predicted octanol–water partition coefficient (Wildman–Crippen LogP) is 16.7. The predicted molar refractivity (Wildman–Crippen MR) is 297 cm³/mol. The average Bonchev–Trinajstić information content (AvgIpc) is 4.09. The van der Waals surface area contributed by atoms with Gasteiger partial charge >= 0.3 is 0 Å². The molecular weight excluding hydrogens is 889 g/mol. The van der Waals surface area contributed by atoms with Crippen molar-refractivity contribution in [3.63, 3.8) is 0 Å². The number of fused-ring (bicyclic) bond motifs is 20. The summed E-state index contributed by atoms with van der Waals surface area (Å²) in [6.45, 7) is 12.2. The molecule has 1 spiro atoms. The number of hydrogen-bond acceptors (Lipinski definition) is 4. The number of anilines is 4. The van der Waals surface area contributed by atoms with Gasteiger partial charge in [-0.1, -0.05) is 162 Å². The van der Waals surface area contributed by atoms with Gasteiger partial charge in [-0.25, -0.2) is 0 Å². The normalized spacial score (nSPS) is 23.1. The van der Waals surface area contributed by atoms with Crippen LogP contribution in [-0.2, 0) is 22.7 Å². The molecule has 354 valence electrons. The van der Waals surface area contributed by atoms with Crippen molar-refractivity contribution in [1.29, 1.82) is 0 Å². The van der Waals surface area contributed by atoms with E-state index in [1.54, 1.807) is 0 Å². The zero-order valence-corrected chi connectivity index (χ0v) is 42.0. The first kappa shape index (κ1) is 41.8. The van der Waals surface area contributed by atoms with Crippen LogP contribution in [-0.4, -0.2) is 12.1 Å². The molecule has 73 heavy (non-hydrogen) atoms. The molecule has 7 aromatic carbocycles. The zero-order chi connectivity index (χ0) is 48.7. The van der Waals surface area contributed by atoms with E-state index in [4.69, 9.17) is 9.15 Å². The Morgan fingerprint density at radius 3 is 2.11 bits per heavy atom. The molecule has 0 N–H and O–H groups in total. The lowest BCUT2D eigenvalue weighted by Crippen LogP contribution is -2.49. The first-order chi connectivity index (χ1) is 35.7. The van der Waals surface area contributed by atoms with Crippen molar-refractivity contribution in [3.05, 3.63) is 255 Å². The maximum Gasteiger partial charge on any atom is 0.135 e. The second-order valence-corrected chi connectivity index (χ2v) is 22.9. The molecule has 4 heterocycles. The fourth-order valence-electron chi connectivity index (χ4n) is 15.7. The van der Waals surface area contributed by atoms with Gasteiger partial charge in [0.05, 0.1) is 22.8 Å². The molecule has 0 amide bonds. The van der Waals surface area contributed by atoms with E-state index in [-0.39, 0.29) is 34.8 Å². The van der Waals surface area contributed by atoms with E-state index in [2.05, 4.69) is 233 Å². The zero-order valence-electron chi connectivity index (χ0n) is 42.0. The van der Waals surface area contributed by atoms with Crippen molar-refractivity contribution in [2.75, 3.05) is 9.80 Å². The van der Waals surface area contributed by atoms with Gasteiger partial charge in [0.2, 0.25) is 0 Å². The third kappa shape index (κ3) is 5.21. The minimum absolute atomic E-state index is 0.0313. The van der Waals surface area contributed by atoms with Gasteiger partial charge in [-0.2, -0.15) is 0 Å². The number of hydrogen-bond donors (Lipinski definition) is 0. The van der Waals surface area contributed by atoms with Crippen LogP contribution in [0, 0.1) is 5.92 Å². The summed E-state index contributed by atoms with van der Waals surface area (Å²) < 4.78 is 13.6.